The van der Waals surface area contributed by atoms with E-state index in [9.17, 15) is 14.4 Å². The maximum absolute atomic E-state index is 13.8. The van der Waals surface area contributed by atoms with Crippen LogP contribution in [0, 0.1) is 18.8 Å². The minimum Gasteiger partial charge on any atom is -0.344 e. The van der Waals surface area contributed by atoms with Crippen molar-refractivity contribution in [1.29, 1.82) is 0 Å². The highest BCUT2D eigenvalue weighted by atomic mass is 32.2. The van der Waals surface area contributed by atoms with Crippen LogP contribution in [0.5, 0.6) is 0 Å². The molecule has 1 fully saturated rings. The fraction of sp³-hybridized carbons (Fsp3) is 0.289. The highest BCUT2D eigenvalue weighted by molar-refractivity contribution is 7.97. The van der Waals surface area contributed by atoms with Crippen LogP contribution in [0.2, 0.25) is 0 Å². The number of aryl methyl sites for hydroxylation is 1. The molecule has 0 spiro atoms. The molecule has 7 N–H and O–H groups in total. The van der Waals surface area contributed by atoms with Gasteiger partial charge >= 0.3 is 0 Å². The molecule has 4 aromatic carbocycles. The molecule has 1 aliphatic carbocycles. The summed E-state index contributed by atoms with van der Waals surface area (Å²) in [5.74, 6) is -0.115. The number of carbonyl (C=O) groups is 2. The van der Waals surface area contributed by atoms with Crippen LogP contribution in [-0.4, -0.2) is 34.6 Å². The third-order valence-corrected chi connectivity index (χ3v) is 10.0. The number of carbonyl (C=O) groups excluding carboxylic acids is 2. The number of aromatic nitrogens is 2. The van der Waals surface area contributed by atoms with Gasteiger partial charge in [0.1, 0.15) is 6.04 Å². The van der Waals surface area contributed by atoms with Gasteiger partial charge in [0.05, 0.1) is 10.9 Å². The Morgan fingerprint density at radius 3 is 2.48 bits per heavy atom. The number of hydrogen-bond donors (Lipinski definition) is 6. The molecule has 0 bridgehead atoms. The summed E-state index contributed by atoms with van der Waals surface area (Å²) in [7, 11) is 0. The summed E-state index contributed by atoms with van der Waals surface area (Å²) in [4.78, 5) is 40.4. The lowest BCUT2D eigenvalue weighted by atomic mass is 9.81. The Kier molecular flexibility index (Phi) is 10.7. The van der Waals surface area contributed by atoms with Gasteiger partial charge in [0.15, 0.2) is 0 Å². The number of H-pyrrole nitrogens is 2. The Morgan fingerprint density at radius 1 is 0.896 bits per heavy atom. The van der Waals surface area contributed by atoms with Gasteiger partial charge in [-0.25, -0.2) is 0 Å². The molecular formula is C38H42N6O3S. The van der Waals surface area contributed by atoms with Crippen molar-refractivity contribution < 1.29 is 9.59 Å². The molecule has 10 heteroatoms. The molecule has 0 aliphatic heterocycles. The van der Waals surface area contributed by atoms with Gasteiger partial charge in [0, 0.05) is 29.5 Å². The van der Waals surface area contributed by atoms with E-state index in [-0.39, 0.29) is 23.3 Å². The molecule has 1 atom stereocenters. The average Bonchev–Trinajstić information content (AvgIpc) is 3.48. The van der Waals surface area contributed by atoms with Gasteiger partial charge in [0.25, 0.3) is 5.56 Å². The van der Waals surface area contributed by atoms with Crippen LogP contribution >= 0.6 is 11.9 Å². The van der Waals surface area contributed by atoms with Crippen LogP contribution < -0.4 is 26.6 Å². The normalized spacial score (nSPS) is 16.8. The van der Waals surface area contributed by atoms with Crippen molar-refractivity contribution in [1.82, 2.24) is 20.2 Å². The van der Waals surface area contributed by atoms with Crippen LogP contribution in [0.3, 0.4) is 0 Å². The molecule has 1 heterocycles. The van der Waals surface area contributed by atoms with E-state index in [1.807, 2.05) is 30.3 Å². The van der Waals surface area contributed by atoms with E-state index in [4.69, 9.17) is 5.73 Å². The molecule has 2 amide bonds. The summed E-state index contributed by atoms with van der Waals surface area (Å²) in [5.41, 5.74) is 12.2. The van der Waals surface area contributed by atoms with E-state index in [1.165, 1.54) is 5.56 Å². The van der Waals surface area contributed by atoms with Gasteiger partial charge in [-0.05, 0) is 115 Å². The second kappa shape index (κ2) is 15.5. The summed E-state index contributed by atoms with van der Waals surface area (Å²) in [6.07, 6.45) is 3.69. The quantitative estimate of drug-likeness (QED) is 0.0897. The maximum atomic E-state index is 13.8. The highest BCUT2D eigenvalue weighted by Crippen LogP contribution is 2.30. The zero-order valence-corrected chi connectivity index (χ0v) is 27.9. The van der Waals surface area contributed by atoms with Crippen molar-refractivity contribution in [2.75, 3.05) is 11.9 Å². The first-order chi connectivity index (χ1) is 23.4. The van der Waals surface area contributed by atoms with Crippen LogP contribution in [-0.2, 0) is 22.6 Å². The number of amides is 2. The Morgan fingerprint density at radius 2 is 1.69 bits per heavy atom. The lowest BCUT2D eigenvalue weighted by Crippen LogP contribution is -2.48. The molecule has 0 radical (unpaired) electrons. The number of rotatable bonds is 12. The summed E-state index contributed by atoms with van der Waals surface area (Å²) >= 11 is 1.60. The van der Waals surface area contributed by atoms with Crippen molar-refractivity contribution in [3.8, 4) is 11.1 Å². The SMILES string of the molecule is Cc1ccc(SNCc2ccccc2)cc1-c1cccc(C[C@H](NC(=O)C2CCC(CN)CC2)C(=O)Nc2ccc3c(=O)[nH][nH]c3c2)c1. The fourth-order valence-electron chi connectivity index (χ4n) is 6.38. The van der Waals surface area contributed by atoms with Crippen LogP contribution in [0.25, 0.3) is 22.0 Å². The summed E-state index contributed by atoms with van der Waals surface area (Å²) < 4.78 is 3.45. The van der Waals surface area contributed by atoms with Gasteiger partial charge in [-0.3, -0.25) is 29.3 Å². The topological polar surface area (TPSA) is 145 Å². The number of aromatic amines is 2. The molecular weight excluding hydrogens is 621 g/mol. The smallest absolute Gasteiger partial charge is 0.271 e. The Balaban J connectivity index is 1.19. The molecule has 1 aliphatic rings. The first-order valence-electron chi connectivity index (χ1n) is 16.5. The van der Waals surface area contributed by atoms with Crippen molar-refractivity contribution >= 4 is 40.4 Å². The van der Waals surface area contributed by atoms with Crippen LogP contribution in [0.15, 0.2) is 101 Å². The van der Waals surface area contributed by atoms with Crippen molar-refractivity contribution in [3.63, 3.8) is 0 Å². The van der Waals surface area contributed by atoms with Gasteiger partial charge in [0.2, 0.25) is 11.8 Å². The predicted octanol–water partition coefficient (Wildman–Crippen LogP) is 6.06. The number of hydrogen-bond acceptors (Lipinski definition) is 6. The minimum atomic E-state index is -0.800. The van der Waals surface area contributed by atoms with Crippen LogP contribution in [0.4, 0.5) is 5.69 Å². The number of benzene rings is 4. The number of nitrogens with two attached hydrogens (primary N) is 1. The summed E-state index contributed by atoms with van der Waals surface area (Å²) in [5, 5.41) is 12.0. The van der Waals surface area contributed by atoms with E-state index in [0.717, 1.165) is 59.4 Å². The van der Waals surface area contributed by atoms with Gasteiger partial charge < -0.3 is 16.4 Å². The Bertz CT molecular complexity index is 1930. The first-order valence-corrected chi connectivity index (χ1v) is 17.3. The van der Waals surface area contributed by atoms with Crippen molar-refractivity contribution in [3.05, 3.63) is 118 Å². The number of nitrogens with one attached hydrogen (secondary N) is 5. The maximum Gasteiger partial charge on any atom is 0.271 e. The summed E-state index contributed by atoms with van der Waals surface area (Å²) in [6, 6.07) is 29.2. The zero-order chi connectivity index (χ0) is 33.5. The Hall–Kier alpha value is -4.64. The standard InChI is InChI=1S/C38H42N6O3S/c1-24-10-16-31(48-40-23-26-6-3-2-4-7-26)21-33(24)29-9-5-8-27(18-29)19-35(42-36(45)28-13-11-25(22-39)12-14-28)38(47)41-30-15-17-32-34(20-30)43-44-37(32)46/h2-10,15-18,20-21,25,28,35,40H,11-14,19,22-23,39H2,1H3,(H,41,47)(H,42,45)(H2,43,44,46)/t25?,28?,35-/m0/s1. The van der Waals surface area contributed by atoms with Gasteiger partial charge in [-0.15, -0.1) is 0 Å². The monoisotopic (exact) mass is 662 g/mol. The first kappa shape index (κ1) is 33.3. The van der Waals surface area contributed by atoms with E-state index in [2.05, 4.69) is 74.9 Å². The van der Waals surface area contributed by atoms with E-state index in [1.54, 1.807) is 30.1 Å². The molecule has 0 unspecified atom stereocenters. The van der Waals surface area contributed by atoms with E-state index in [0.29, 0.717) is 35.5 Å². The van der Waals surface area contributed by atoms with E-state index >= 15 is 0 Å². The molecule has 5 aromatic rings. The average molecular weight is 663 g/mol. The third kappa shape index (κ3) is 8.25. The number of anilines is 1. The fourth-order valence-corrected chi connectivity index (χ4v) is 7.10. The minimum absolute atomic E-state index is 0.101. The molecule has 9 nitrogen and oxygen atoms in total. The van der Waals surface area contributed by atoms with Crippen LogP contribution in [0.1, 0.15) is 42.4 Å². The Labute approximate surface area is 284 Å². The van der Waals surface area contributed by atoms with Crippen molar-refractivity contribution in [2.45, 2.75) is 56.5 Å². The third-order valence-electron chi connectivity index (χ3n) is 9.22. The number of fused-ring (bicyclic) bond motifs is 1. The largest absolute Gasteiger partial charge is 0.344 e. The molecule has 248 valence electrons. The second-order valence-electron chi connectivity index (χ2n) is 12.6. The molecule has 1 saturated carbocycles. The highest BCUT2D eigenvalue weighted by Gasteiger charge is 2.29. The molecule has 6 rings (SSSR count). The lowest BCUT2D eigenvalue weighted by Gasteiger charge is -2.28. The summed E-state index contributed by atoms with van der Waals surface area (Å²) in [6.45, 7) is 3.49. The lowest BCUT2D eigenvalue weighted by molar-refractivity contribution is -0.130. The molecule has 0 saturated heterocycles. The van der Waals surface area contributed by atoms with Gasteiger partial charge in [-0.2, -0.15) is 0 Å². The second-order valence-corrected chi connectivity index (χ2v) is 13.6. The molecule has 48 heavy (non-hydrogen) atoms. The van der Waals surface area contributed by atoms with E-state index < -0.39 is 6.04 Å². The molecule has 1 aromatic heterocycles. The van der Waals surface area contributed by atoms with Crippen molar-refractivity contribution in [2.24, 2.45) is 17.6 Å². The predicted molar refractivity (Wildman–Crippen MR) is 193 cm³/mol. The zero-order valence-electron chi connectivity index (χ0n) is 27.1. The van der Waals surface area contributed by atoms with Gasteiger partial charge in [-0.1, -0.05) is 60.7 Å².